The molecule has 0 aromatic heterocycles. The van der Waals surface area contributed by atoms with E-state index >= 15 is 0 Å². The van der Waals surface area contributed by atoms with Crippen LogP contribution in [-0.4, -0.2) is 6.04 Å². The van der Waals surface area contributed by atoms with Gasteiger partial charge < -0.3 is 5.32 Å². The molecule has 0 radical (unpaired) electrons. The lowest BCUT2D eigenvalue weighted by Crippen LogP contribution is -2.21. The Morgan fingerprint density at radius 1 is 1.24 bits per heavy atom. The molecule has 1 aromatic rings. The van der Waals surface area contributed by atoms with Crippen LogP contribution in [0.5, 0.6) is 0 Å². The second-order valence-electron chi connectivity index (χ2n) is 4.96. The number of aryl methyl sites for hydroxylation is 1. The molecule has 96 valence electrons. The number of anilines is 1. The zero-order chi connectivity index (χ0) is 12.8. The van der Waals surface area contributed by atoms with E-state index in [1.54, 1.807) is 0 Å². The first kappa shape index (κ1) is 14.6. The summed E-state index contributed by atoms with van der Waals surface area (Å²) in [5.41, 5.74) is 2.57. The molecule has 1 N–H and O–H groups in total. The minimum absolute atomic E-state index is 0.588. The van der Waals surface area contributed by atoms with Gasteiger partial charge >= 0.3 is 0 Å². The van der Waals surface area contributed by atoms with Gasteiger partial charge in [-0.25, -0.2) is 0 Å². The third-order valence-corrected chi connectivity index (χ3v) is 3.92. The first-order valence-electron chi connectivity index (χ1n) is 6.59. The summed E-state index contributed by atoms with van der Waals surface area (Å²) >= 11 is 3.50. The molecule has 0 heterocycles. The molecule has 1 rings (SSSR count). The largest absolute Gasteiger partial charge is 0.382 e. The predicted octanol–water partition coefficient (Wildman–Crippen LogP) is 5.38. The average Bonchev–Trinajstić information content (AvgIpc) is 2.31. The van der Waals surface area contributed by atoms with Gasteiger partial charge in [0.15, 0.2) is 0 Å². The van der Waals surface area contributed by atoms with Gasteiger partial charge in [-0.05, 0) is 49.4 Å². The number of halogens is 1. The molecule has 2 heteroatoms. The summed E-state index contributed by atoms with van der Waals surface area (Å²) in [6.45, 7) is 9.01. The summed E-state index contributed by atoms with van der Waals surface area (Å²) in [7, 11) is 0. The molecule has 17 heavy (non-hydrogen) atoms. The average molecular weight is 298 g/mol. The molecule has 1 aromatic carbocycles. The maximum atomic E-state index is 3.67. The van der Waals surface area contributed by atoms with Crippen molar-refractivity contribution in [3.63, 3.8) is 0 Å². The van der Waals surface area contributed by atoms with E-state index in [2.05, 4.69) is 67.1 Å². The molecule has 0 saturated carbocycles. The summed E-state index contributed by atoms with van der Waals surface area (Å²) < 4.78 is 1.15. The Kier molecular flexibility index (Phi) is 6.04. The fraction of sp³-hybridized carbons (Fsp3) is 0.600. The van der Waals surface area contributed by atoms with E-state index in [0.29, 0.717) is 6.04 Å². The number of benzene rings is 1. The summed E-state index contributed by atoms with van der Waals surface area (Å²) in [5, 5.41) is 3.67. The van der Waals surface area contributed by atoms with Crippen LogP contribution in [0, 0.1) is 12.8 Å². The highest BCUT2D eigenvalue weighted by atomic mass is 79.9. The third kappa shape index (κ3) is 4.71. The number of nitrogens with one attached hydrogen (secondary N) is 1. The van der Waals surface area contributed by atoms with E-state index < -0.39 is 0 Å². The lowest BCUT2D eigenvalue weighted by atomic mass is 9.97. The van der Waals surface area contributed by atoms with Crippen LogP contribution >= 0.6 is 15.9 Å². The van der Waals surface area contributed by atoms with Crippen molar-refractivity contribution in [3.8, 4) is 0 Å². The summed E-state index contributed by atoms with van der Waals surface area (Å²) in [4.78, 5) is 0. The maximum Gasteiger partial charge on any atom is 0.0372 e. The zero-order valence-electron chi connectivity index (χ0n) is 11.4. The van der Waals surface area contributed by atoms with Gasteiger partial charge in [0, 0.05) is 16.2 Å². The van der Waals surface area contributed by atoms with Crippen LogP contribution in [0.4, 0.5) is 5.69 Å². The van der Waals surface area contributed by atoms with Crippen LogP contribution in [0.3, 0.4) is 0 Å². The molecule has 0 aliphatic carbocycles. The van der Waals surface area contributed by atoms with Crippen molar-refractivity contribution in [1.29, 1.82) is 0 Å². The van der Waals surface area contributed by atoms with Crippen LogP contribution in [0.15, 0.2) is 22.7 Å². The minimum atomic E-state index is 0.588. The second kappa shape index (κ2) is 7.05. The predicted molar refractivity (Wildman–Crippen MR) is 80.7 cm³/mol. The first-order valence-corrected chi connectivity index (χ1v) is 7.38. The van der Waals surface area contributed by atoms with E-state index in [0.717, 1.165) is 10.4 Å². The van der Waals surface area contributed by atoms with Gasteiger partial charge in [0.2, 0.25) is 0 Å². The number of hydrogen-bond donors (Lipinski definition) is 1. The second-order valence-corrected chi connectivity index (χ2v) is 5.87. The zero-order valence-corrected chi connectivity index (χ0v) is 13.0. The summed E-state index contributed by atoms with van der Waals surface area (Å²) in [6, 6.07) is 7.02. The maximum absolute atomic E-state index is 3.67. The van der Waals surface area contributed by atoms with Gasteiger partial charge in [-0.1, -0.05) is 43.1 Å². The summed E-state index contributed by atoms with van der Waals surface area (Å²) in [6.07, 6.45) is 3.69. The Balaban J connectivity index is 2.67. The Labute approximate surface area is 114 Å². The topological polar surface area (TPSA) is 12.0 Å². The first-order chi connectivity index (χ1) is 8.06. The molecule has 0 saturated heterocycles. The molecule has 0 spiro atoms. The highest BCUT2D eigenvalue weighted by Crippen LogP contribution is 2.23. The molecule has 0 aliphatic rings. The molecule has 0 aliphatic heterocycles. The van der Waals surface area contributed by atoms with Crippen molar-refractivity contribution in [2.75, 3.05) is 5.32 Å². The Bertz CT molecular complexity index is 349. The van der Waals surface area contributed by atoms with Crippen molar-refractivity contribution >= 4 is 21.6 Å². The molecular weight excluding hydrogens is 274 g/mol. The molecule has 2 atom stereocenters. The molecular formula is C15H24BrN. The van der Waals surface area contributed by atoms with Gasteiger partial charge in [-0.15, -0.1) is 0 Å². The van der Waals surface area contributed by atoms with Crippen molar-refractivity contribution in [2.24, 2.45) is 5.92 Å². The standard InChI is InChI=1S/C15H24BrN/c1-5-11(3)9-14(6-2)17-15-8-7-13(16)10-12(15)4/h7-8,10-11,14,17H,5-6,9H2,1-4H3. The van der Waals surface area contributed by atoms with Crippen molar-refractivity contribution in [1.82, 2.24) is 0 Å². The van der Waals surface area contributed by atoms with Gasteiger partial charge in [0.25, 0.3) is 0 Å². The van der Waals surface area contributed by atoms with E-state index in [4.69, 9.17) is 0 Å². The molecule has 2 unspecified atom stereocenters. The monoisotopic (exact) mass is 297 g/mol. The highest BCUT2D eigenvalue weighted by molar-refractivity contribution is 9.10. The van der Waals surface area contributed by atoms with Gasteiger partial charge in [-0.2, -0.15) is 0 Å². The van der Waals surface area contributed by atoms with Crippen LogP contribution < -0.4 is 5.32 Å². The fourth-order valence-electron chi connectivity index (χ4n) is 1.99. The van der Waals surface area contributed by atoms with Gasteiger partial charge in [0.1, 0.15) is 0 Å². The molecule has 0 amide bonds. The lowest BCUT2D eigenvalue weighted by Gasteiger charge is -2.22. The molecule has 1 nitrogen and oxygen atoms in total. The van der Waals surface area contributed by atoms with Crippen molar-refractivity contribution < 1.29 is 0 Å². The highest BCUT2D eigenvalue weighted by Gasteiger charge is 2.11. The van der Waals surface area contributed by atoms with Gasteiger partial charge in [-0.3, -0.25) is 0 Å². The van der Waals surface area contributed by atoms with E-state index in [1.807, 2.05) is 0 Å². The van der Waals surface area contributed by atoms with Gasteiger partial charge in [0.05, 0.1) is 0 Å². The van der Waals surface area contributed by atoms with Crippen molar-refractivity contribution in [2.45, 2.75) is 53.0 Å². The smallest absolute Gasteiger partial charge is 0.0372 e. The lowest BCUT2D eigenvalue weighted by molar-refractivity contribution is 0.461. The Morgan fingerprint density at radius 2 is 1.94 bits per heavy atom. The Morgan fingerprint density at radius 3 is 2.47 bits per heavy atom. The Hall–Kier alpha value is -0.500. The van der Waals surface area contributed by atoms with Crippen LogP contribution in [-0.2, 0) is 0 Å². The minimum Gasteiger partial charge on any atom is -0.382 e. The van der Waals surface area contributed by atoms with Crippen LogP contribution in [0.2, 0.25) is 0 Å². The third-order valence-electron chi connectivity index (χ3n) is 3.42. The van der Waals surface area contributed by atoms with E-state index in [9.17, 15) is 0 Å². The quantitative estimate of drug-likeness (QED) is 0.743. The number of hydrogen-bond acceptors (Lipinski definition) is 1. The van der Waals surface area contributed by atoms with Crippen LogP contribution in [0.25, 0.3) is 0 Å². The SMILES string of the molecule is CCC(C)CC(CC)Nc1ccc(Br)cc1C. The molecule has 0 fully saturated rings. The molecule has 0 bridgehead atoms. The fourth-order valence-corrected chi connectivity index (χ4v) is 2.46. The van der Waals surface area contributed by atoms with Crippen LogP contribution in [0.1, 0.15) is 45.6 Å². The van der Waals surface area contributed by atoms with E-state index in [-0.39, 0.29) is 0 Å². The normalized spacial score (nSPS) is 14.4. The van der Waals surface area contributed by atoms with Crippen molar-refractivity contribution in [3.05, 3.63) is 28.2 Å². The van der Waals surface area contributed by atoms with E-state index in [1.165, 1.54) is 30.5 Å². The number of rotatable bonds is 6. The summed E-state index contributed by atoms with van der Waals surface area (Å²) in [5.74, 6) is 0.795.